The number of carbonyl (C=O) groups excluding carboxylic acids is 1. The van der Waals surface area contributed by atoms with Gasteiger partial charge in [-0.15, -0.1) is 0 Å². The lowest BCUT2D eigenvalue weighted by Gasteiger charge is -2.06. The van der Waals surface area contributed by atoms with Crippen LogP contribution in [0.3, 0.4) is 0 Å². The second-order valence-electron chi connectivity index (χ2n) is 3.94. The third kappa shape index (κ3) is 3.11. The van der Waals surface area contributed by atoms with Crippen molar-refractivity contribution in [3.63, 3.8) is 0 Å². The van der Waals surface area contributed by atoms with E-state index in [1.165, 1.54) is 18.2 Å². The molecule has 0 bridgehead atoms. The normalized spacial score (nSPS) is 10.5. The molecule has 0 aliphatic heterocycles. The fraction of sp³-hybridized carbons (Fsp3) is 0.0714. The van der Waals surface area contributed by atoms with Gasteiger partial charge in [0.15, 0.2) is 5.78 Å². The summed E-state index contributed by atoms with van der Waals surface area (Å²) in [7, 11) is 0. The Kier molecular flexibility index (Phi) is 4.17. The fourth-order valence-corrected chi connectivity index (χ4v) is 2.08. The summed E-state index contributed by atoms with van der Waals surface area (Å²) < 4.78 is 26.7. The number of halogens is 4. The molecule has 0 aliphatic carbocycles. The third-order valence-electron chi connectivity index (χ3n) is 2.61. The first kappa shape index (κ1) is 14.0. The summed E-state index contributed by atoms with van der Waals surface area (Å²) in [6.07, 6.45) is -0.227. The number of rotatable bonds is 3. The van der Waals surface area contributed by atoms with E-state index in [4.69, 9.17) is 23.2 Å². The summed E-state index contributed by atoms with van der Waals surface area (Å²) in [5, 5.41) is 0.0736. The van der Waals surface area contributed by atoms with Crippen molar-refractivity contribution in [2.75, 3.05) is 0 Å². The van der Waals surface area contributed by atoms with Crippen LogP contribution in [-0.4, -0.2) is 5.78 Å². The van der Waals surface area contributed by atoms with Gasteiger partial charge in [-0.1, -0.05) is 35.3 Å². The highest BCUT2D eigenvalue weighted by atomic mass is 35.5. The minimum atomic E-state index is -0.648. The maximum atomic E-state index is 13.7. The Labute approximate surface area is 118 Å². The van der Waals surface area contributed by atoms with E-state index < -0.39 is 17.4 Å². The molecule has 0 aliphatic rings. The molecule has 2 aromatic carbocycles. The number of hydrogen-bond acceptors (Lipinski definition) is 1. The second-order valence-corrected chi connectivity index (χ2v) is 4.75. The fourth-order valence-electron chi connectivity index (χ4n) is 1.66. The number of hydrogen-bond donors (Lipinski definition) is 0. The standard InChI is InChI=1S/C14H8Cl2F2O/c15-11-5-4-9(17)7-10(11)13(19)6-8-2-1-3-12(16)14(8)18/h1-5,7H,6H2. The van der Waals surface area contributed by atoms with Crippen LogP contribution in [0.4, 0.5) is 8.78 Å². The molecule has 5 heteroatoms. The van der Waals surface area contributed by atoms with Crippen LogP contribution in [0.1, 0.15) is 15.9 Å². The topological polar surface area (TPSA) is 17.1 Å². The van der Waals surface area contributed by atoms with Crippen molar-refractivity contribution in [2.45, 2.75) is 6.42 Å². The minimum Gasteiger partial charge on any atom is -0.294 e. The van der Waals surface area contributed by atoms with Crippen molar-refractivity contribution in [3.05, 3.63) is 69.2 Å². The van der Waals surface area contributed by atoms with E-state index in [2.05, 4.69) is 0 Å². The summed E-state index contributed by atoms with van der Waals surface area (Å²) in [5.41, 5.74) is 0.180. The molecule has 98 valence electrons. The third-order valence-corrected chi connectivity index (χ3v) is 3.23. The zero-order chi connectivity index (χ0) is 14.0. The summed E-state index contributed by atoms with van der Waals surface area (Å²) >= 11 is 11.4. The first-order chi connectivity index (χ1) is 8.99. The molecule has 0 fully saturated rings. The van der Waals surface area contributed by atoms with Gasteiger partial charge in [0.2, 0.25) is 0 Å². The molecule has 0 N–H and O–H groups in total. The molecule has 0 unspecified atom stereocenters. The Hall–Kier alpha value is -1.45. The Balaban J connectivity index is 2.31. The van der Waals surface area contributed by atoms with Gasteiger partial charge in [-0.25, -0.2) is 8.78 Å². The van der Waals surface area contributed by atoms with Crippen molar-refractivity contribution in [2.24, 2.45) is 0 Å². The Morgan fingerprint density at radius 2 is 1.79 bits per heavy atom. The molecule has 2 aromatic rings. The van der Waals surface area contributed by atoms with E-state index >= 15 is 0 Å². The largest absolute Gasteiger partial charge is 0.294 e. The maximum Gasteiger partial charge on any atom is 0.168 e. The van der Waals surface area contributed by atoms with Gasteiger partial charge < -0.3 is 0 Å². The van der Waals surface area contributed by atoms with Crippen LogP contribution in [0.2, 0.25) is 10.0 Å². The van der Waals surface area contributed by atoms with Gasteiger partial charge in [0.1, 0.15) is 11.6 Å². The molecule has 19 heavy (non-hydrogen) atoms. The first-order valence-corrected chi connectivity index (χ1v) is 6.16. The molecule has 2 rings (SSSR count). The lowest BCUT2D eigenvalue weighted by atomic mass is 10.0. The zero-order valence-electron chi connectivity index (χ0n) is 9.59. The van der Waals surface area contributed by atoms with Gasteiger partial charge in [-0.05, 0) is 29.8 Å². The smallest absolute Gasteiger partial charge is 0.168 e. The van der Waals surface area contributed by atoms with Crippen LogP contribution in [0, 0.1) is 11.6 Å². The Morgan fingerprint density at radius 1 is 1.05 bits per heavy atom. The van der Waals surface area contributed by atoms with Gasteiger partial charge >= 0.3 is 0 Å². The van der Waals surface area contributed by atoms with E-state index in [1.807, 2.05) is 0 Å². The van der Waals surface area contributed by atoms with Crippen LogP contribution < -0.4 is 0 Å². The SMILES string of the molecule is O=C(Cc1cccc(Cl)c1F)c1cc(F)ccc1Cl. The van der Waals surface area contributed by atoms with E-state index in [0.717, 1.165) is 12.1 Å². The Bertz CT molecular complexity index is 641. The quantitative estimate of drug-likeness (QED) is 0.751. The van der Waals surface area contributed by atoms with Gasteiger partial charge in [0.25, 0.3) is 0 Å². The predicted octanol–water partition coefficient (Wildman–Crippen LogP) is 4.70. The van der Waals surface area contributed by atoms with E-state index in [-0.39, 0.29) is 27.6 Å². The lowest BCUT2D eigenvalue weighted by Crippen LogP contribution is -2.06. The molecule has 0 atom stereocenters. The second kappa shape index (κ2) is 5.68. The average molecular weight is 301 g/mol. The molecule has 1 nitrogen and oxygen atoms in total. The summed E-state index contributed by atoms with van der Waals surface area (Å²) in [4.78, 5) is 12.0. The highest BCUT2D eigenvalue weighted by Gasteiger charge is 2.15. The van der Waals surface area contributed by atoms with Crippen LogP contribution in [0.25, 0.3) is 0 Å². The van der Waals surface area contributed by atoms with Gasteiger partial charge in [0.05, 0.1) is 10.0 Å². The van der Waals surface area contributed by atoms with Crippen LogP contribution in [0.5, 0.6) is 0 Å². The van der Waals surface area contributed by atoms with Crippen molar-refractivity contribution < 1.29 is 13.6 Å². The predicted molar refractivity (Wildman–Crippen MR) is 70.9 cm³/mol. The first-order valence-electron chi connectivity index (χ1n) is 5.40. The van der Waals surface area contributed by atoms with Gasteiger partial charge in [-0.2, -0.15) is 0 Å². The molecule has 0 amide bonds. The number of carbonyl (C=O) groups is 1. The van der Waals surface area contributed by atoms with Crippen molar-refractivity contribution >= 4 is 29.0 Å². The molecular weight excluding hydrogens is 293 g/mol. The number of ketones is 1. The summed E-state index contributed by atoms with van der Waals surface area (Å²) in [5.74, 6) is -1.69. The molecule has 0 aromatic heterocycles. The molecule has 0 spiro atoms. The molecule has 0 radical (unpaired) electrons. The summed E-state index contributed by atoms with van der Waals surface area (Å²) in [6.45, 7) is 0. The van der Waals surface area contributed by atoms with Crippen molar-refractivity contribution in [1.82, 2.24) is 0 Å². The van der Waals surface area contributed by atoms with Crippen molar-refractivity contribution in [3.8, 4) is 0 Å². The molecule has 0 saturated heterocycles. The van der Waals surface area contributed by atoms with Gasteiger partial charge in [-0.3, -0.25) is 4.79 Å². The van der Waals surface area contributed by atoms with Crippen molar-refractivity contribution in [1.29, 1.82) is 0 Å². The highest BCUT2D eigenvalue weighted by Crippen LogP contribution is 2.22. The number of Topliss-reactive ketones (excluding diaryl/α,β-unsaturated/α-hetero) is 1. The number of benzene rings is 2. The summed E-state index contributed by atoms with van der Waals surface area (Å²) in [6, 6.07) is 7.86. The molecular formula is C14H8Cl2F2O. The Morgan fingerprint density at radius 3 is 2.53 bits per heavy atom. The highest BCUT2D eigenvalue weighted by molar-refractivity contribution is 6.34. The van der Waals surface area contributed by atoms with E-state index in [0.29, 0.717) is 0 Å². The van der Waals surface area contributed by atoms with Crippen LogP contribution in [0.15, 0.2) is 36.4 Å². The van der Waals surface area contributed by atoms with Crippen LogP contribution >= 0.6 is 23.2 Å². The van der Waals surface area contributed by atoms with Gasteiger partial charge in [0, 0.05) is 12.0 Å². The maximum absolute atomic E-state index is 13.7. The zero-order valence-corrected chi connectivity index (χ0v) is 11.1. The minimum absolute atomic E-state index is 0.0287. The molecule has 0 saturated carbocycles. The monoisotopic (exact) mass is 300 g/mol. The molecule has 0 heterocycles. The van der Waals surface area contributed by atoms with E-state index in [1.54, 1.807) is 6.07 Å². The average Bonchev–Trinajstić information content (AvgIpc) is 2.38. The lowest BCUT2D eigenvalue weighted by molar-refractivity contribution is 0.0991. The van der Waals surface area contributed by atoms with Crippen LogP contribution in [-0.2, 0) is 6.42 Å². The van der Waals surface area contributed by atoms with E-state index in [9.17, 15) is 13.6 Å².